The predicted molar refractivity (Wildman–Crippen MR) is 97.5 cm³/mol. The van der Waals surface area contributed by atoms with Gasteiger partial charge in [0.05, 0.1) is 28.8 Å². The van der Waals surface area contributed by atoms with E-state index in [-0.39, 0.29) is 41.8 Å². The van der Waals surface area contributed by atoms with Gasteiger partial charge in [0.25, 0.3) is 5.91 Å². The second-order valence-corrected chi connectivity index (χ2v) is 6.06. The van der Waals surface area contributed by atoms with E-state index in [9.17, 15) is 24.3 Å². The van der Waals surface area contributed by atoms with E-state index in [1.54, 1.807) is 19.9 Å². The minimum atomic E-state index is -1.22. The first-order valence-corrected chi connectivity index (χ1v) is 8.39. The molecule has 2 rings (SSSR count). The van der Waals surface area contributed by atoms with Gasteiger partial charge in [-0.05, 0) is 26.0 Å². The van der Waals surface area contributed by atoms with Crippen LogP contribution in [0.4, 0.5) is 0 Å². The third kappa shape index (κ3) is 4.76. The van der Waals surface area contributed by atoms with Crippen molar-refractivity contribution < 1.29 is 34.1 Å². The molecule has 0 saturated carbocycles. The fourth-order valence-electron chi connectivity index (χ4n) is 2.69. The number of carbonyl (C=O) groups is 4. The Balaban J connectivity index is 1.90. The molecule has 9 heteroatoms. The first-order valence-electron chi connectivity index (χ1n) is 8.39. The molecule has 148 valence electrons. The number of ether oxygens (including phenoxy) is 1. The summed E-state index contributed by atoms with van der Waals surface area (Å²) >= 11 is 0. The van der Waals surface area contributed by atoms with Gasteiger partial charge in [-0.2, -0.15) is 0 Å². The zero-order valence-electron chi connectivity index (χ0n) is 15.4. The van der Waals surface area contributed by atoms with Gasteiger partial charge in [0.15, 0.2) is 0 Å². The average Bonchev–Trinajstić information content (AvgIpc) is 2.64. The second-order valence-electron chi connectivity index (χ2n) is 6.06. The number of carbonyl (C=O) groups excluding carboxylic acids is 2. The number of dihydropyridines is 1. The van der Waals surface area contributed by atoms with Crippen LogP contribution in [-0.2, 0) is 14.3 Å². The highest BCUT2D eigenvalue weighted by Gasteiger charge is 2.25. The topological polar surface area (TPSA) is 142 Å². The zero-order valence-corrected chi connectivity index (χ0v) is 15.4. The SMILES string of the molecule is CC1=C(C(=O)O)CC(C(=O)OCCNC(=O)c2ccccc2C(=O)O)=C(C)N1. The summed E-state index contributed by atoms with van der Waals surface area (Å²) < 4.78 is 5.10. The van der Waals surface area contributed by atoms with Crippen LogP contribution in [-0.4, -0.2) is 47.2 Å². The van der Waals surface area contributed by atoms with E-state index in [0.29, 0.717) is 11.4 Å². The highest BCUT2D eigenvalue weighted by atomic mass is 16.5. The van der Waals surface area contributed by atoms with Gasteiger partial charge in [0.2, 0.25) is 0 Å². The summed E-state index contributed by atoms with van der Waals surface area (Å²) in [6.07, 6.45) is -0.0584. The molecule has 9 nitrogen and oxygen atoms in total. The number of benzene rings is 1. The van der Waals surface area contributed by atoms with Crippen LogP contribution in [0.5, 0.6) is 0 Å². The van der Waals surface area contributed by atoms with Crippen LogP contribution in [0.2, 0.25) is 0 Å². The summed E-state index contributed by atoms with van der Waals surface area (Å²) in [5.41, 5.74) is 1.12. The number of esters is 1. The molecule has 1 aromatic rings. The van der Waals surface area contributed by atoms with E-state index < -0.39 is 23.8 Å². The minimum Gasteiger partial charge on any atom is -0.478 e. The molecular weight excluding hydrogens is 368 g/mol. The molecule has 0 spiro atoms. The van der Waals surface area contributed by atoms with Gasteiger partial charge >= 0.3 is 17.9 Å². The molecule has 0 bridgehead atoms. The van der Waals surface area contributed by atoms with Crippen LogP contribution in [0, 0.1) is 0 Å². The van der Waals surface area contributed by atoms with E-state index in [1.807, 2.05) is 0 Å². The summed E-state index contributed by atoms with van der Waals surface area (Å²) in [5.74, 6) is -3.62. The van der Waals surface area contributed by atoms with Gasteiger partial charge in [0.1, 0.15) is 6.61 Å². The van der Waals surface area contributed by atoms with E-state index in [1.165, 1.54) is 18.2 Å². The summed E-state index contributed by atoms with van der Waals surface area (Å²) in [4.78, 5) is 46.7. The Morgan fingerprint density at radius 2 is 1.61 bits per heavy atom. The lowest BCUT2D eigenvalue weighted by atomic mass is 9.98. The first kappa shape index (κ1) is 20.7. The standard InChI is InChI=1S/C19H20N2O7/c1-10-14(18(25)26)9-15(11(2)21-10)19(27)28-8-7-20-16(22)12-5-3-4-6-13(12)17(23)24/h3-6,21H,7-9H2,1-2H3,(H,20,22)(H,23,24)(H,25,26). The highest BCUT2D eigenvalue weighted by molar-refractivity contribution is 6.04. The largest absolute Gasteiger partial charge is 0.478 e. The number of hydrogen-bond donors (Lipinski definition) is 4. The molecule has 0 radical (unpaired) electrons. The zero-order chi connectivity index (χ0) is 20.8. The fourth-order valence-corrected chi connectivity index (χ4v) is 2.69. The lowest BCUT2D eigenvalue weighted by Gasteiger charge is -2.21. The highest BCUT2D eigenvalue weighted by Crippen LogP contribution is 2.23. The van der Waals surface area contributed by atoms with Gasteiger partial charge in [0, 0.05) is 17.8 Å². The van der Waals surface area contributed by atoms with Crippen molar-refractivity contribution in [1.82, 2.24) is 10.6 Å². The molecule has 1 heterocycles. The number of allylic oxidation sites excluding steroid dienone is 2. The third-order valence-corrected chi connectivity index (χ3v) is 4.16. The summed E-state index contributed by atoms with van der Waals surface area (Å²) in [6, 6.07) is 5.76. The second kappa shape index (κ2) is 8.85. The Morgan fingerprint density at radius 3 is 2.21 bits per heavy atom. The van der Waals surface area contributed by atoms with Crippen LogP contribution in [0.3, 0.4) is 0 Å². The van der Waals surface area contributed by atoms with Crippen molar-refractivity contribution in [2.24, 2.45) is 0 Å². The predicted octanol–water partition coefficient (Wildman–Crippen LogP) is 1.28. The van der Waals surface area contributed by atoms with Crippen LogP contribution in [0.15, 0.2) is 46.8 Å². The maximum Gasteiger partial charge on any atom is 0.336 e. The number of carboxylic acid groups (broad SMARTS) is 2. The van der Waals surface area contributed by atoms with Crippen LogP contribution >= 0.6 is 0 Å². The van der Waals surface area contributed by atoms with E-state index in [4.69, 9.17) is 9.84 Å². The average molecular weight is 388 g/mol. The number of hydrogen-bond acceptors (Lipinski definition) is 6. The van der Waals surface area contributed by atoms with Crippen LogP contribution in [0.25, 0.3) is 0 Å². The van der Waals surface area contributed by atoms with Crippen molar-refractivity contribution in [2.45, 2.75) is 20.3 Å². The molecule has 0 atom stereocenters. The number of aliphatic carboxylic acids is 1. The molecule has 0 aromatic heterocycles. The number of aromatic carboxylic acids is 1. The van der Waals surface area contributed by atoms with Crippen LogP contribution in [0.1, 0.15) is 41.0 Å². The van der Waals surface area contributed by atoms with Crippen molar-refractivity contribution in [3.05, 3.63) is 57.9 Å². The molecule has 1 aliphatic heterocycles. The van der Waals surface area contributed by atoms with Crippen molar-refractivity contribution in [1.29, 1.82) is 0 Å². The van der Waals surface area contributed by atoms with Crippen molar-refractivity contribution in [3.8, 4) is 0 Å². The maximum atomic E-state index is 12.2. The maximum absolute atomic E-state index is 12.2. The Kier molecular flexibility index (Phi) is 6.54. The van der Waals surface area contributed by atoms with Crippen LogP contribution < -0.4 is 10.6 Å². The molecule has 0 saturated heterocycles. The summed E-state index contributed by atoms with van der Waals surface area (Å²) in [6.45, 7) is 3.07. The van der Waals surface area contributed by atoms with E-state index in [0.717, 1.165) is 0 Å². The molecular formula is C19H20N2O7. The van der Waals surface area contributed by atoms with Gasteiger partial charge < -0.3 is 25.6 Å². The molecule has 0 fully saturated rings. The first-order chi connectivity index (χ1) is 13.2. The van der Waals surface area contributed by atoms with E-state index >= 15 is 0 Å². The molecule has 1 aromatic carbocycles. The minimum absolute atomic E-state index is 0.00284. The summed E-state index contributed by atoms with van der Waals surface area (Å²) in [5, 5.41) is 23.6. The molecule has 0 unspecified atom stereocenters. The lowest BCUT2D eigenvalue weighted by molar-refractivity contribution is -0.139. The Hall–Kier alpha value is -3.62. The Morgan fingerprint density at radius 1 is 1.00 bits per heavy atom. The van der Waals surface area contributed by atoms with Crippen molar-refractivity contribution in [2.75, 3.05) is 13.2 Å². The molecule has 1 aliphatic rings. The molecule has 4 N–H and O–H groups in total. The third-order valence-electron chi connectivity index (χ3n) is 4.16. The summed E-state index contributed by atoms with van der Waals surface area (Å²) in [7, 11) is 0. The normalized spacial score (nSPS) is 13.6. The van der Waals surface area contributed by atoms with Crippen molar-refractivity contribution in [3.63, 3.8) is 0 Å². The quantitative estimate of drug-likeness (QED) is 0.404. The smallest absolute Gasteiger partial charge is 0.336 e. The van der Waals surface area contributed by atoms with Gasteiger partial charge in [-0.3, -0.25) is 4.79 Å². The number of nitrogens with one attached hydrogen (secondary N) is 2. The Labute approximate surface area is 160 Å². The Bertz CT molecular complexity index is 899. The fraction of sp³-hybridized carbons (Fsp3) is 0.263. The molecule has 0 aliphatic carbocycles. The molecule has 28 heavy (non-hydrogen) atoms. The van der Waals surface area contributed by atoms with Gasteiger partial charge in [-0.1, -0.05) is 12.1 Å². The number of amides is 1. The molecule has 1 amide bonds. The van der Waals surface area contributed by atoms with Crippen molar-refractivity contribution >= 4 is 23.8 Å². The van der Waals surface area contributed by atoms with Gasteiger partial charge in [-0.25, -0.2) is 14.4 Å². The van der Waals surface area contributed by atoms with Gasteiger partial charge in [-0.15, -0.1) is 0 Å². The lowest BCUT2D eigenvalue weighted by Crippen LogP contribution is -2.30. The number of rotatable bonds is 7. The number of carboxylic acids is 2. The van der Waals surface area contributed by atoms with E-state index in [2.05, 4.69) is 10.6 Å². The monoisotopic (exact) mass is 388 g/mol.